The summed E-state index contributed by atoms with van der Waals surface area (Å²) in [5.41, 5.74) is 7.04. The Kier molecular flexibility index (Phi) is 6.13. The molecular weight excluding hydrogens is 227 g/mol. The van der Waals surface area contributed by atoms with Crippen molar-refractivity contribution in [2.75, 3.05) is 11.4 Å². The van der Waals surface area contributed by atoms with Crippen LogP contribution in [0, 0.1) is 5.82 Å². The molecule has 1 aromatic carbocycles. The molecule has 0 radical (unpaired) electrons. The Balaban J connectivity index is 2.93. The minimum absolute atomic E-state index is 0.195. The van der Waals surface area contributed by atoms with Crippen LogP contribution < -0.4 is 10.6 Å². The minimum Gasteiger partial charge on any atom is -0.369 e. The van der Waals surface area contributed by atoms with E-state index in [2.05, 4.69) is 25.7 Å². The standard InChI is InChI=1S/C15H25FN2/c1-4-6-9-18(12(3)5-2)14-8-7-13(11-17)15(16)10-14/h7-8,10,12H,4-6,9,11,17H2,1-3H3. The van der Waals surface area contributed by atoms with Gasteiger partial charge in [0, 0.05) is 30.4 Å². The van der Waals surface area contributed by atoms with Gasteiger partial charge in [0.15, 0.2) is 0 Å². The fourth-order valence-electron chi connectivity index (χ4n) is 2.03. The molecule has 0 amide bonds. The van der Waals surface area contributed by atoms with Crippen LogP contribution >= 0.6 is 0 Å². The molecule has 1 atom stereocenters. The van der Waals surface area contributed by atoms with E-state index >= 15 is 0 Å². The van der Waals surface area contributed by atoms with Crippen LogP contribution in [0.15, 0.2) is 18.2 Å². The van der Waals surface area contributed by atoms with E-state index in [4.69, 9.17) is 5.73 Å². The lowest BCUT2D eigenvalue weighted by Gasteiger charge is -2.31. The Morgan fingerprint density at radius 2 is 2.06 bits per heavy atom. The first-order valence-corrected chi connectivity index (χ1v) is 6.89. The SMILES string of the molecule is CCCCN(c1ccc(CN)c(F)c1)C(C)CC. The average molecular weight is 252 g/mol. The highest BCUT2D eigenvalue weighted by atomic mass is 19.1. The van der Waals surface area contributed by atoms with Crippen LogP contribution in [0.2, 0.25) is 0 Å². The van der Waals surface area contributed by atoms with Crippen molar-refractivity contribution in [1.82, 2.24) is 0 Å². The average Bonchev–Trinajstić information content (AvgIpc) is 2.39. The van der Waals surface area contributed by atoms with E-state index in [0.717, 1.165) is 31.5 Å². The van der Waals surface area contributed by atoms with Gasteiger partial charge in [-0.2, -0.15) is 0 Å². The second-order valence-electron chi connectivity index (χ2n) is 4.78. The fourth-order valence-corrected chi connectivity index (χ4v) is 2.03. The Morgan fingerprint density at radius 1 is 1.33 bits per heavy atom. The van der Waals surface area contributed by atoms with Crippen molar-refractivity contribution in [1.29, 1.82) is 0 Å². The number of nitrogens with two attached hydrogens (primary N) is 1. The number of halogens is 1. The van der Waals surface area contributed by atoms with Gasteiger partial charge in [-0.3, -0.25) is 0 Å². The summed E-state index contributed by atoms with van der Waals surface area (Å²) in [5.74, 6) is -0.195. The van der Waals surface area contributed by atoms with Crippen LogP contribution in [0.1, 0.15) is 45.6 Å². The van der Waals surface area contributed by atoms with Crippen LogP contribution in [0.4, 0.5) is 10.1 Å². The third kappa shape index (κ3) is 3.70. The maximum Gasteiger partial charge on any atom is 0.129 e. The Bertz CT molecular complexity index is 366. The van der Waals surface area contributed by atoms with Crippen molar-refractivity contribution < 1.29 is 4.39 Å². The Labute approximate surface area is 110 Å². The molecule has 0 fully saturated rings. The molecule has 0 saturated heterocycles. The van der Waals surface area contributed by atoms with E-state index in [1.165, 1.54) is 0 Å². The molecule has 18 heavy (non-hydrogen) atoms. The van der Waals surface area contributed by atoms with Gasteiger partial charge in [-0.25, -0.2) is 4.39 Å². The molecule has 0 bridgehead atoms. The minimum atomic E-state index is -0.195. The second kappa shape index (κ2) is 7.37. The molecule has 2 nitrogen and oxygen atoms in total. The van der Waals surface area contributed by atoms with Crippen molar-refractivity contribution in [2.24, 2.45) is 5.73 Å². The van der Waals surface area contributed by atoms with Gasteiger partial charge < -0.3 is 10.6 Å². The van der Waals surface area contributed by atoms with Gasteiger partial charge in [-0.15, -0.1) is 0 Å². The monoisotopic (exact) mass is 252 g/mol. The summed E-state index contributed by atoms with van der Waals surface area (Å²) in [6.45, 7) is 7.75. The summed E-state index contributed by atoms with van der Waals surface area (Å²) >= 11 is 0. The Hall–Kier alpha value is -1.09. The maximum absolute atomic E-state index is 13.8. The summed E-state index contributed by atoms with van der Waals surface area (Å²) in [5, 5.41) is 0. The fraction of sp³-hybridized carbons (Fsp3) is 0.600. The number of hydrogen-bond donors (Lipinski definition) is 1. The van der Waals surface area contributed by atoms with Crippen LogP contribution in [0.3, 0.4) is 0 Å². The van der Waals surface area contributed by atoms with E-state index in [1.54, 1.807) is 12.1 Å². The van der Waals surface area contributed by atoms with Gasteiger partial charge in [-0.1, -0.05) is 26.3 Å². The first-order chi connectivity index (χ1) is 8.63. The van der Waals surface area contributed by atoms with Gasteiger partial charge >= 0.3 is 0 Å². The lowest BCUT2D eigenvalue weighted by Crippen LogP contribution is -2.33. The molecule has 1 rings (SSSR count). The number of hydrogen-bond acceptors (Lipinski definition) is 2. The van der Waals surface area contributed by atoms with E-state index in [-0.39, 0.29) is 12.4 Å². The smallest absolute Gasteiger partial charge is 0.129 e. The van der Waals surface area contributed by atoms with Crippen molar-refractivity contribution in [3.05, 3.63) is 29.6 Å². The zero-order valence-electron chi connectivity index (χ0n) is 11.7. The van der Waals surface area contributed by atoms with Gasteiger partial charge in [0.05, 0.1) is 0 Å². The lowest BCUT2D eigenvalue weighted by atomic mass is 10.1. The van der Waals surface area contributed by atoms with Crippen molar-refractivity contribution in [3.63, 3.8) is 0 Å². The number of unbranched alkanes of at least 4 members (excludes halogenated alkanes) is 1. The van der Waals surface area contributed by atoms with Crippen molar-refractivity contribution >= 4 is 5.69 Å². The molecule has 0 saturated carbocycles. The van der Waals surface area contributed by atoms with Crippen molar-refractivity contribution in [2.45, 2.75) is 52.6 Å². The molecule has 0 spiro atoms. The van der Waals surface area contributed by atoms with E-state index in [9.17, 15) is 4.39 Å². The quantitative estimate of drug-likeness (QED) is 0.802. The molecule has 0 aliphatic carbocycles. The molecule has 3 heteroatoms. The molecule has 2 N–H and O–H groups in total. The molecule has 1 aromatic rings. The third-order valence-electron chi connectivity index (χ3n) is 3.46. The summed E-state index contributed by atoms with van der Waals surface area (Å²) in [6.07, 6.45) is 3.34. The Morgan fingerprint density at radius 3 is 2.56 bits per heavy atom. The predicted molar refractivity (Wildman–Crippen MR) is 76.3 cm³/mol. The van der Waals surface area contributed by atoms with E-state index in [0.29, 0.717) is 11.6 Å². The summed E-state index contributed by atoms with van der Waals surface area (Å²) in [6, 6.07) is 5.82. The highest BCUT2D eigenvalue weighted by molar-refractivity contribution is 5.49. The third-order valence-corrected chi connectivity index (χ3v) is 3.46. The van der Waals surface area contributed by atoms with Crippen molar-refractivity contribution in [3.8, 4) is 0 Å². The highest BCUT2D eigenvalue weighted by Crippen LogP contribution is 2.22. The summed E-state index contributed by atoms with van der Waals surface area (Å²) in [7, 11) is 0. The number of nitrogens with zero attached hydrogens (tertiary/aromatic N) is 1. The second-order valence-corrected chi connectivity index (χ2v) is 4.78. The van der Waals surface area contributed by atoms with Crippen LogP contribution in [0.25, 0.3) is 0 Å². The lowest BCUT2D eigenvalue weighted by molar-refractivity contribution is 0.584. The van der Waals surface area contributed by atoms with E-state index < -0.39 is 0 Å². The van der Waals surface area contributed by atoms with Gasteiger partial charge in [0.25, 0.3) is 0 Å². The molecule has 0 aliphatic rings. The highest BCUT2D eigenvalue weighted by Gasteiger charge is 2.14. The summed E-state index contributed by atoms with van der Waals surface area (Å²) in [4.78, 5) is 2.28. The molecule has 0 aliphatic heterocycles. The first-order valence-electron chi connectivity index (χ1n) is 6.89. The van der Waals surface area contributed by atoms with Gasteiger partial charge in [-0.05, 0) is 31.9 Å². The molecule has 102 valence electrons. The van der Waals surface area contributed by atoms with Gasteiger partial charge in [0.2, 0.25) is 0 Å². The van der Waals surface area contributed by atoms with Gasteiger partial charge in [0.1, 0.15) is 5.82 Å². The molecular formula is C15H25FN2. The molecule has 0 heterocycles. The summed E-state index contributed by atoms with van der Waals surface area (Å²) < 4.78 is 13.8. The van der Waals surface area contributed by atoms with Crippen LogP contribution in [0.5, 0.6) is 0 Å². The number of anilines is 1. The zero-order chi connectivity index (χ0) is 13.5. The van der Waals surface area contributed by atoms with E-state index in [1.807, 2.05) is 6.07 Å². The normalized spacial score (nSPS) is 12.5. The predicted octanol–water partition coefficient (Wildman–Crippen LogP) is 3.69. The first kappa shape index (κ1) is 15.0. The molecule has 1 unspecified atom stereocenters. The number of rotatable bonds is 7. The topological polar surface area (TPSA) is 29.3 Å². The maximum atomic E-state index is 13.8. The van der Waals surface area contributed by atoms with Crippen LogP contribution in [-0.2, 0) is 6.54 Å². The number of benzene rings is 1. The zero-order valence-corrected chi connectivity index (χ0v) is 11.7. The molecule has 0 aromatic heterocycles. The van der Waals surface area contributed by atoms with Crippen LogP contribution in [-0.4, -0.2) is 12.6 Å². The largest absolute Gasteiger partial charge is 0.369 e.